The number of amides is 1. The lowest BCUT2D eigenvalue weighted by molar-refractivity contribution is -0.145. The molecule has 21 heavy (non-hydrogen) atoms. The first-order chi connectivity index (χ1) is 10.1. The molecule has 0 radical (unpaired) electrons. The summed E-state index contributed by atoms with van der Waals surface area (Å²) in [5, 5.41) is 9.08. The Hall–Kier alpha value is -1.84. The van der Waals surface area contributed by atoms with Crippen LogP contribution in [0, 0.1) is 11.8 Å². The monoisotopic (exact) mass is 287 g/mol. The molecule has 0 aromatic heterocycles. The number of carbonyl (C=O) groups is 2. The van der Waals surface area contributed by atoms with E-state index in [1.807, 2.05) is 18.2 Å². The van der Waals surface area contributed by atoms with Gasteiger partial charge in [-0.3, -0.25) is 9.59 Å². The van der Waals surface area contributed by atoms with Gasteiger partial charge in [0, 0.05) is 19.5 Å². The number of carboxylic acid groups (broad SMARTS) is 1. The van der Waals surface area contributed by atoms with Crippen LogP contribution in [0.15, 0.2) is 30.3 Å². The van der Waals surface area contributed by atoms with E-state index in [-0.39, 0.29) is 11.8 Å². The number of carbonyl (C=O) groups excluding carboxylic acids is 1. The summed E-state index contributed by atoms with van der Waals surface area (Å²) in [7, 11) is 0. The zero-order chi connectivity index (χ0) is 14.8. The summed E-state index contributed by atoms with van der Waals surface area (Å²) >= 11 is 0. The molecule has 4 heteroatoms. The van der Waals surface area contributed by atoms with Crippen LogP contribution in [0.3, 0.4) is 0 Å². The van der Waals surface area contributed by atoms with E-state index < -0.39 is 5.97 Å². The first kappa shape index (κ1) is 14.1. The minimum Gasteiger partial charge on any atom is -0.481 e. The molecule has 1 aliphatic heterocycles. The van der Waals surface area contributed by atoms with E-state index >= 15 is 0 Å². The van der Waals surface area contributed by atoms with Gasteiger partial charge in [0.15, 0.2) is 0 Å². The first-order valence-electron chi connectivity index (χ1n) is 7.70. The molecule has 1 N–H and O–H groups in total. The van der Waals surface area contributed by atoms with E-state index in [1.165, 1.54) is 5.56 Å². The molecule has 1 aromatic rings. The number of hydrogen-bond acceptors (Lipinski definition) is 2. The van der Waals surface area contributed by atoms with Crippen molar-refractivity contribution in [3.05, 3.63) is 35.9 Å². The van der Waals surface area contributed by atoms with Crippen LogP contribution in [0.1, 0.15) is 37.2 Å². The van der Waals surface area contributed by atoms with Gasteiger partial charge in [-0.15, -0.1) is 0 Å². The number of aliphatic carboxylic acids is 1. The van der Waals surface area contributed by atoms with Crippen LogP contribution in [0.25, 0.3) is 0 Å². The van der Waals surface area contributed by atoms with Gasteiger partial charge in [0.05, 0.1) is 5.92 Å². The van der Waals surface area contributed by atoms with Crippen molar-refractivity contribution in [2.75, 3.05) is 13.1 Å². The predicted molar refractivity (Wildman–Crippen MR) is 78.8 cm³/mol. The summed E-state index contributed by atoms with van der Waals surface area (Å²) in [5.74, 6) is -0.0856. The quantitative estimate of drug-likeness (QED) is 0.925. The zero-order valence-electron chi connectivity index (χ0n) is 12.1. The van der Waals surface area contributed by atoms with E-state index in [2.05, 4.69) is 12.1 Å². The minimum atomic E-state index is -0.777. The van der Waals surface area contributed by atoms with Crippen LogP contribution >= 0.6 is 0 Å². The van der Waals surface area contributed by atoms with Crippen LogP contribution in [0.5, 0.6) is 0 Å². The summed E-state index contributed by atoms with van der Waals surface area (Å²) < 4.78 is 0. The molecule has 1 heterocycles. The van der Waals surface area contributed by atoms with Gasteiger partial charge in [-0.1, -0.05) is 30.3 Å². The molecule has 2 aliphatic rings. The van der Waals surface area contributed by atoms with Gasteiger partial charge in [-0.25, -0.2) is 0 Å². The van der Waals surface area contributed by atoms with Crippen molar-refractivity contribution in [3.63, 3.8) is 0 Å². The van der Waals surface area contributed by atoms with Crippen molar-refractivity contribution >= 4 is 11.9 Å². The number of benzene rings is 1. The average Bonchev–Trinajstić information content (AvgIpc) is 3.27. The summed E-state index contributed by atoms with van der Waals surface area (Å²) in [6.07, 6.45) is 3.13. The van der Waals surface area contributed by atoms with Crippen molar-refractivity contribution in [3.8, 4) is 0 Å². The van der Waals surface area contributed by atoms with Gasteiger partial charge in [-0.05, 0) is 36.7 Å². The Kier molecular flexibility index (Phi) is 3.95. The van der Waals surface area contributed by atoms with Crippen LogP contribution in [-0.2, 0) is 9.59 Å². The number of piperidine rings is 1. The maximum atomic E-state index is 12.3. The molecule has 1 unspecified atom stereocenters. The molecule has 1 saturated heterocycles. The first-order valence-corrected chi connectivity index (χ1v) is 7.70. The largest absolute Gasteiger partial charge is 0.481 e. The molecule has 1 aromatic carbocycles. The van der Waals surface area contributed by atoms with E-state index in [9.17, 15) is 9.59 Å². The second-order valence-electron chi connectivity index (χ2n) is 6.23. The summed E-state index contributed by atoms with van der Waals surface area (Å²) in [5.41, 5.74) is 1.32. The second kappa shape index (κ2) is 5.88. The van der Waals surface area contributed by atoms with E-state index in [0.29, 0.717) is 37.8 Å². The van der Waals surface area contributed by atoms with Gasteiger partial charge in [0.25, 0.3) is 0 Å². The van der Waals surface area contributed by atoms with Crippen molar-refractivity contribution in [2.45, 2.75) is 31.6 Å². The maximum absolute atomic E-state index is 12.3. The highest BCUT2D eigenvalue weighted by Crippen LogP contribution is 2.49. The normalized spacial score (nSPS) is 28.2. The Morgan fingerprint density at radius 3 is 2.71 bits per heavy atom. The van der Waals surface area contributed by atoms with Gasteiger partial charge in [0.2, 0.25) is 5.91 Å². The summed E-state index contributed by atoms with van der Waals surface area (Å²) in [6, 6.07) is 10.3. The van der Waals surface area contributed by atoms with Crippen LogP contribution in [0.4, 0.5) is 0 Å². The Balaban J connectivity index is 1.52. The highest BCUT2D eigenvalue weighted by atomic mass is 16.4. The molecule has 3 rings (SSSR count). The summed E-state index contributed by atoms with van der Waals surface area (Å²) in [6.45, 7) is 1.10. The fourth-order valence-electron chi connectivity index (χ4n) is 3.34. The standard InChI is InChI=1S/C17H21NO3/c19-16(18-8-4-7-13(11-18)17(20)21)10-14-9-15(14)12-5-2-1-3-6-12/h1-3,5-6,13-15H,4,7-11H2,(H,20,21)/t13?,14-,15-/m0/s1. The van der Waals surface area contributed by atoms with Gasteiger partial charge in [0.1, 0.15) is 0 Å². The molecule has 1 saturated carbocycles. The highest BCUT2D eigenvalue weighted by Gasteiger charge is 2.40. The van der Waals surface area contributed by atoms with E-state index in [1.54, 1.807) is 4.90 Å². The number of rotatable bonds is 4. The molecule has 112 valence electrons. The highest BCUT2D eigenvalue weighted by molar-refractivity contribution is 5.78. The van der Waals surface area contributed by atoms with Gasteiger partial charge < -0.3 is 10.0 Å². The second-order valence-corrected chi connectivity index (χ2v) is 6.23. The summed E-state index contributed by atoms with van der Waals surface area (Å²) in [4.78, 5) is 25.1. The SMILES string of the molecule is O=C(O)C1CCCN(C(=O)C[C@@H]2C[C@H]2c2ccccc2)C1. The molecule has 1 amide bonds. The fraction of sp³-hybridized carbons (Fsp3) is 0.529. The van der Waals surface area contributed by atoms with Crippen molar-refractivity contribution in [2.24, 2.45) is 11.8 Å². The smallest absolute Gasteiger partial charge is 0.308 e. The molecule has 2 fully saturated rings. The minimum absolute atomic E-state index is 0.129. The van der Waals surface area contributed by atoms with Crippen LogP contribution in [-0.4, -0.2) is 35.0 Å². The Morgan fingerprint density at radius 1 is 1.24 bits per heavy atom. The van der Waals surface area contributed by atoms with Crippen molar-refractivity contribution < 1.29 is 14.7 Å². The third kappa shape index (κ3) is 3.26. The van der Waals surface area contributed by atoms with Crippen LogP contribution < -0.4 is 0 Å². The third-order valence-corrected chi connectivity index (χ3v) is 4.71. The number of nitrogens with zero attached hydrogens (tertiary/aromatic N) is 1. The lowest BCUT2D eigenvalue weighted by Gasteiger charge is -2.30. The molecular weight excluding hydrogens is 266 g/mol. The van der Waals surface area contributed by atoms with Gasteiger partial charge in [-0.2, -0.15) is 0 Å². The number of likely N-dealkylation sites (tertiary alicyclic amines) is 1. The molecule has 3 atom stereocenters. The number of carboxylic acids is 1. The Bertz CT molecular complexity index is 528. The molecule has 1 aliphatic carbocycles. The molecule has 0 bridgehead atoms. The van der Waals surface area contributed by atoms with Crippen molar-refractivity contribution in [1.29, 1.82) is 0 Å². The predicted octanol–water partition coefficient (Wildman–Crippen LogP) is 2.50. The topological polar surface area (TPSA) is 57.6 Å². The Labute approximate surface area is 124 Å². The van der Waals surface area contributed by atoms with Crippen molar-refractivity contribution in [1.82, 2.24) is 4.90 Å². The number of hydrogen-bond donors (Lipinski definition) is 1. The third-order valence-electron chi connectivity index (χ3n) is 4.71. The lowest BCUT2D eigenvalue weighted by atomic mass is 9.97. The molecular formula is C17H21NO3. The average molecular weight is 287 g/mol. The maximum Gasteiger partial charge on any atom is 0.308 e. The van der Waals surface area contributed by atoms with E-state index in [0.717, 1.165) is 12.8 Å². The lowest BCUT2D eigenvalue weighted by Crippen LogP contribution is -2.42. The Morgan fingerprint density at radius 2 is 2.00 bits per heavy atom. The van der Waals surface area contributed by atoms with E-state index in [4.69, 9.17) is 5.11 Å². The fourth-order valence-corrected chi connectivity index (χ4v) is 3.34. The molecule has 0 spiro atoms. The zero-order valence-corrected chi connectivity index (χ0v) is 12.1. The van der Waals surface area contributed by atoms with Gasteiger partial charge >= 0.3 is 5.97 Å². The van der Waals surface area contributed by atoms with Crippen LogP contribution in [0.2, 0.25) is 0 Å². The molecule has 4 nitrogen and oxygen atoms in total.